The fraction of sp³-hybridized carbons (Fsp3) is 0.529. The molecule has 0 unspecified atom stereocenters. The lowest BCUT2D eigenvalue weighted by Gasteiger charge is -2.40. The number of nitrogens with one attached hydrogen (secondary N) is 1. The minimum Gasteiger partial charge on any atom is -0.361 e. The molecule has 1 aliphatic carbocycles. The summed E-state index contributed by atoms with van der Waals surface area (Å²) in [5.41, 5.74) is 2.13. The average Bonchev–Trinajstić information content (AvgIpc) is 3.17. The van der Waals surface area contributed by atoms with E-state index in [4.69, 9.17) is 4.98 Å². The van der Waals surface area contributed by atoms with Crippen LogP contribution in [-0.2, 0) is 12.8 Å². The number of rotatable bonds is 4. The van der Waals surface area contributed by atoms with E-state index in [1.807, 2.05) is 30.4 Å². The van der Waals surface area contributed by atoms with Crippen molar-refractivity contribution in [2.45, 2.75) is 32.6 Å². The summed E-state index contributed by atoms with van der Waals surface area (Å²) in [7, 11) is 0. The highest BCUT2D eigenvalue weighted by atomic mass is 32.1. The molecule has 5 rings (SSSR count). The van der Waals surface area contributed by atoms with Crippen LogP contribution >= 0.6 is 11.3 Å². The van der Waals surface area contributed by atoms with Gasteiger partial charge in [0.15, 0.2) is 16.6 Å². The number of hydrogen-bond donors (Lipinski definition) is 1. The van der Waals surface area contributed by atoms with Crippen LogP contribution in [0.15, 0.2) is 12.1 Å². The number of fused-ring (bicyclic) bond motifs is 2. The van der Waals surface area contributed by atoms with E-state index < -0.39 is 0 Å². The molecule has 0 saturated carbocycles. The number of hydrogen-bond acceptors (Lipinski definition) is 7. The second-order valence-corrected chi connectivity index (χ2v) is 8.04. The van der Waals surface area contributed by atoms with Crippen LogP contribution < -0.4 is 10.2 Å². The van der Waals surface area contributed by atoms with Gasteiger partial charge < -0.3 is 10.2 Å². The molecule has 1 saturated heterocycles. The second-order valence-electron chi connectivity index (χ2n) is 6.96. The summed E-state index contributed by atoms with van der Waals surface area (Å²) >= 11 is 1.85. The molecule has 7 nitrogen and oxygen atoms in total. The molecule has 0 radical (unpaired) electrons. The average molecular weight is 355 g/mol. The Hall–Kier alpha value is -2.22. The van der Waals surface area contributed by atoms with Gasteiger partial charge in [-0.1, -0.05) is 0 Å². The Morgan fingerprint density at radius 2 is 2.08 bits per heavy atom. The lowest BCUT2D eigenvalue weighted by molar-refractivity contribution is 0.425. The third-order valence-corrected chi connectivity index (χ3v) is 6.19. The first-order valence-electron chi connectivity index (χ1n) is 8.93. The minimum atomic E-state index is 0.639. The van der Waals surface area contributed by atoms with Crippen molar-refractivity contribution in [2.75, 3.05) is 29.9 Å². The SMILES string of the molecule is Cc1nnc2ccc(N3CC(CNc4nc5c(s4)CCCC5)C3)nn12. The Morgan fingerprint density at radius 1 is 1.20 bits per heavy atom. The van der Waals surface area contributed by atoms with Crippen LogP contribution in [0, 0.1) is 12.8 Å². The molecule has 0 spiro atoms. The second kappa shape index (κ2) is 5.94. The first kappa shape index (κ1) is 15.1. The van der Waals surface area contributed by atoms with Gasteiger partial charge >= 0.3 is 0 Å². The Labute approximate surface area is 150 Å². The fourth-order valence-electron chi connectivity index (χ4n) is 3.60. The van der Waals surface area contributed by atoms with Crippen molar-refractivity contribution in [2.24, 2.45) is 5.92 Å². The van der Waals surface area contributed by atoms with Gasteiger partial charge in [-0.2, -0.15) is 4.52 Å². The molecule has 25 heavy (non-hydrogen) atoms. The molecule has 0 amide bonds. The molecular formula is C17H21N7S. The Balaban J connectivity index is 1.18. The van der Waals surface area contributed by atoms with E-state index >= 15 is 0 Å². The van der Waals surface area contributed by atoms with E-state index in [1.54, 1.807) is 4.52 Å². The lowest BCUT2D eigenvalue weighted by Crippen LogP contribution is -2.50. The fourth-order valence-corrected chi connectivity index (χ4v) is 4.66. The van der Waals surface area contributed by atoms with E-state index in [0.29, 0.717) is 5.92 Å². The maximum atomic E-state index is 4.76. The van der Waals surface area contributed by atoms with Crippen LogP contribution in [0.5, 0.6) is 0 Å². The van der Waals surface area contributed by atoms with Crippen molar-refractivity contribution in [3.05, 3.63) is 28.5 Å². The highest BCUT2D eigenvalue weighted by Crippen LogP contribution is 2.30. The van der Waals surface area contributed by atoms with Crippen molar-refractivity contribution in [1.29, 1.82) is 0 Å². The molecule has 0 aromatic carbocycles. The van der Waals surface area contributed by atoms with E-state index in [2.05, 4.69) is 25.5 Å². The first-order valence-corrected chi connectivity index (χ1v) is 9.74. The molecular weight excluding hydrogens is 334 g/mol. The van der Waals surface area contributed by atoms with Gasteiger partial charge in [-0.15, -0.1) is 26.6 Å². The zero-order valence-electron chi connectivity index (χ0n) is 14.3. The van der Waals surface area contributed by atoms with Crippen molar-refractivity contribution < 1.29 is 0 Å². The minimum absolute atomic E-state index is 0.639. The van der Waals surface area contributed by atoms with Crippen molar-refractivity contribution in [3.63, 3.8) is 0 Å². The van der Waals surface area contributed by atoms with Crippen LogP contribution in [-0.4, -0.2) is 44.4 Å². The lowest BCUT2D eigenvalue weighted by atomic mass is 10.0. The summed E-state index contributed by atoms with van der Waals surface area (Å²) in [5, 5.41) is 17.4. The van der Waals surface area contributed by atoms with Gasteiger partial charge in [0.25, 0.3) is 0 Å². The number of thiazole rings is 1. The van der Waals surface area contributed by atoms with E-state index in [1.165, 1.54) is 29.8 Å². The highest BCUT2D eigenvalue weighted by Gasteiger charge is 2.28. The third-order valence-electron chi connectivity index (χ3n) is 5.07. The molecule has 1 fully saturated rings. The van der Waals surface area contributed by atoms with Crippen LogP contribution in [0.4, 0.5) is 10.9 Å². The van der Waals surface area contributed by atoms with Crippen molar-refractivity contribution >= 4 is 27.9 Å². The molecule has 3 aromatic heterocycles. The van der Waals surface area contributed by atoms with E-state index in [-0.39, 0.29) is 0 Å². The highest BCUT2D eigenvalue weighted by molar-refractivity contribution is 7.15. The predicted molar refractivity (Wildman–Crippen MR) is 98.5 cm³/mol. The van der Waals surface area contributed by atoms with Gasteiger partial charge in [0.05, 0.1) is 5.69 Å². The number of anilines is 2. The van der Waals surface area contributed by atoms with Gasteiger partial charge in [0.2, 0.25) is 0 Å². The predicted octanol–water partition coefficient (Wildman–Crippen LogP) is 2.32. The quantitative estimate of drug-likeness (QED) is 0.774. The normalized spacial score (nSPS) is 17.6. The number of nitrogens with zero attached hydrogens (tertiary/aromatic N) is 6. The Bertz CT molecular complexity index is 886. The maximum Gasteiger partial charge on any atom is 0.183 e. The Morgan fingerprint density at radius 3 is 2.96 bits per heavy atom. The summed E-state index contributed by atoms with van der Waals surface area (Å²) in [4.78, 5) is 8.56. The van der Waals surface area contributed by atoms with Gasteiger partial charge in [0, 0.05) is 30.4 Å². The van der Waals surface area contributed by atoms with Gasteiger partial charge in [-0.05, 0) is 44.7 Å². The van der Waals surface area contributed by atoms with E-state index in [0.717, 1.165) is 48.5 Å². The number of aryl methyl sites for hydroxylation is 3. The molecule has 1 aliphatic heterocycles. The van der Waals surface area contributed by atoms with Crippen LogP contribution in [0.3, 0.4) is 0 Å². The van der Waals surface area contributed by atoms with Gasteiger partial charge in [-0.25, -0.2) is 4.98 Å². The van der Waals surface area contributed by atoms with Crippen molar-refractivity contribution in [3.8, 4) is 0 Å². The van der Waals surface area contributed by atoms with Crippen LogP contribution in [0.25, 0.3) is 5.65 Å². The van der Waals surface area contributed by atoms with Gasteiger partial charge in [-0.3, -0.25) is 0 Å². The zero-order chi connectivity index (χ0) is 16.8. The number of aromatic nitrogens is 5. The monoisotopic (exact) mass is 355 g/mol. The third kappa shape index (κ3) is 2.74. The molecule has 0 atom stereocenters. The van der Waals surface area contributed by atoms with Crippen molar-refractivity contribution in [1.82, 2.24) is 24.8 Å². The smallest absolute Gasteiger partial charge is 0.183 e. The van der Waals surface area contributed by atoms with Gasteiger partial charge in [0.1, 0.15) is 5.82 Å². The molecule has 1 N–H and O–H groups in total. The van der Waals surface area contributed by atoms with E-state index in [9.17, 15) is 0 Å². The van der Waals surface area contributed by atoms with Crippen LogP contribution in [0.2, 0.25) is 0 Å². The summed E-state index contributed by atoms with van der Waals surface area (Å²) in [5.74, 6) is 2.46. The summed E-state index contributed by atoms with van der Waals surface area (Å²) in [6, 6.07) is 4.01. The molecule has 130 valence electrons. The molecule has 3 aromatic rings. The largest absolute Gasteiger partial charge is 0.361 e. The summed E-state index contributed by atoms with van der Waals surface area (Å²) in [6.45, 7) is 4.96. The van der Waals surface area contributed by atoms with Crippen LogP contribution in [0.1, 0.15) is 29.2 Å². The standard InChI is InChI=1S/C17H21N7S/c1-11-20-21-15-6-7-16(22-24(11)15)23-9-12(10-23)8-18-17-19-13-4-2-3-5-14(13)25-17/h6-7,12H,2-5,8-10H2,1H3,(H,18,19). The first-order chi connectivity index (χ1) is 12.3. The zero-order valence-corrected chi connectivity index (χ0v) is 15.1. The maximum absolute atomic E-state index is 4.76. The summed E-state index contributed by atoms with van der Waals surface area (Å²) < 4.78 is 1.81. The topological polar surface area (TPSA) is 71.2 Å². The molecule has 4 heterocycles. The molecule has 2 aliphatic rings. The molecule has 0 bridgehead atoms. The summed E-state index contributed by atoms with van der Waals surface area (Å²) in [6.07, 6.45) is 4.97. The Kier molecular flexibility index (Phi) is 3.58. The molecule has 8 heteroatoms.